The summed E-state index contributed by atoms with van der Waals surface area (Å²) < 4.78 is 74.6. The van der Waals surface area contributed by atoms with E-state index in [4.69, 9.17) is 0 Å². The Balaban J connectivity index is 2.95. The summed E-state index contributed by atoms with van der Waals surface area (Å²) in [7, 11) is 0. The van der Waals surface area contributed by atoms with Gasteiger partial charge in [0, 0.05) is 25.2 Å². The minimum Gasteiger partial charge on any atom is -0.339 e. The number of halogens is 6. The normalized spacial score (nSPS) is 25.8. The maximum Gasteiger partial charge on any atom is 0.409 e. The second-order valence-corrected chi connectivity index (χ2v) is 4.73. The summed E-state index contributed by atoms with van der Waals surface area (Å²) in [6, 6.07) is -0.704. The number of nitrogens with one attached hydrogen (secondary N) is 1. The van der Waals surface area contributed by atoms with E-state index in [1.165, 1.54) is 0 Å². The Bertz CT molecular complexity index is 316. The molecule has 0 aromatic heterocycles. The smallest absolute Gasteiger partial charge is 0.339 e. The van der Waals surface area contributed by atoms with Gasteiger partial charge < -0.3 is 10.2 Å². The van der Waals surface area contributed by atoms with Gasteiger partial charge in [0.25, 0.3) is 0 Å². The average molecular weight is 292 g/mol. The fourth-order valence-electron chi connectivity index (χ4n) is 2.15. The number of alkyl halides is 6. The second kappa shape index (κ2) is 5.18. The number of carbonyl (C=O) groups excluding carboxylic acids is 1. The summed E-state index contributed by atoms with van der Waals surface area (Å²) in [6.45, 7) is 2.83. The van der Waals surface area contributed by atoms with Crippen LogP contribution in [0.1, 0.15) is 13.8 Å². The Morgan fingerprint density at radius 1 is 1.05 bits per heavy atom. The predicted molar refractivity (Wildman–Crippen MR) is 54.2 cm³/mol. The molecule has 2 atom stereocenters. The van der Waals surface area contributed by atoms with Gasteiger partial charge in [0.15, 0.2) is 0 Å². The third-order valence-electron chi connectivity index (χ3n) is 2.77. The van der Waals surface area contributed by atoms with E-state index < -0.39 is 24.2 Å². The van der Waals surface area contributed by atoms with E-state index in [1.54, 1.807) is 13.8 Å². The van der Waals surface area contributed by atoms with Crippen LogP contribution in [0.25, 0.3) is 0 Å². The molecule has 1 aliphatic heterocycles. The topological polar surface area (TPSA) is 32.3 Å². The zero-order valence-corrected chi connectivity index (χ0v) is 10.3. The molecule has 0 spiro atoms. The standard InChI is InChI=1S/C10H14F6N2O/c1-5-3-18(4-6(2)17-5)8(19)7(9(11,12)13)10(14,15)16/h5-7,17H,3-4H2,1-2H3. The molecule has 2 unspecified atom stereocenters. The molecule has 0 aromatic carbocycles. The molecule has 0 bridgehead atoms. The zero-order chi connectivity index (χ0) is 15.0. The highest BCUT2D eigenvalue weighted by Crippen LogP contribution is 2.40. The minimum absolute atomic E-state index is 0.175. The van der Waals surface area contributed by atoms with Crippen LogP contribution in [-0.2, 0) is 4.79 Å². The molecule has 19 heavy (non-hydrogen) atoms. The van der Waals surface area contributed by atoms with Crippen molar-refractivity contribution in [3.05, 3.63) is 0 Å². The van der Waals surface area contributed by atoms with Gasteiger partial charge in [-0.05, 0) is 13.8 Å². The van der Waals surface area contributed by atoms with Crippen molar-refractivity contribution in [3.8, 4) is 0 Å². The van der Waals surface area contributed by atoms with Gasteiger partial charge >= 0.3 is 12.4 Å². The van der Waals surface area contributed by atoms with E-state index >= 15 is 0 Å². The highest BCUT2D eigenvalue weighted by molar-refractivity contribution is 5.80. The van der Waals surface area contributed by atoms with Crippen LogP contribution in [0.5, 0.6) is 0 Å². The number of hydrogen-bond acceptors (Lipinski definition) is 2. The molecule has 1 saturated heterocycles. The van der Waals surface area contributed by atoms with E-state index in [-0.39, 0.29) is 25.2 Å². The summed E-state index contributed by atoms with van der Waals surface area (Å²) in [5.41, 5.74) is 0. The molecule has 0 aromatic rings. The first-order valence-electron chi connectivity index (χ1n) is 5.61. The predicted octanol–water partition coefficient (Wildman–Crippen LogP) is 1.94. The van der Waals surface area contributed by atoms with Crippen molar-refractivity contribution in [1.29, 1.82) is 0 Å². The first-order chi connectivity index (χ1) is 8.43. The summed E-state index contributed by atoms with van der Waals surface area (Å²) in [4.78, 5) is 12.2. The fraction of sp³-hybridized carbons (Fsp3) is 0.900. The molecule has 0 radical (unpaired) electrons. The minimum atomic E-state index is -5.63. The van der Waals surface area contributed by atoms with E-state index in [2.05, 4.69) is 5.32 Å². The Kier molecular flexibility index (Phi) is 4.38. The molecule has 1 amide bonds. The lowest BCUT2D eigenvalue weighted by Crippen LogP contribution is -2.59. The first-order valence-corrected chi connectivity index (χ1v) is 5.61. The zero-order valence-electron chi connectivity index (χ0n) is 10.3. The van der Waals surface area contributed by atoms with Gasteiger partial charge in [-0.2, -0.15) is 26.3 Å². The number of carbonyl (C=O) groups is 1. The maximum absolute atomic E-state index is 12.4. The van der Waals surface area contributed by atoms with Crippen LogP contribution in [0.2, 0.25) is 0 Å². The van der Waals surface area contributed by atoms with Gasteiger partial charge in [-0.1, -0.05) is 0 Å². The maximum atomic E-state index is 12.4. The second-order valence-electron chi connectivity index (χ2n) is 4.73. The number of hydrogen-bond donors (Lipinski definition) is 1. The Morgan fingerprint density at radius 3 is 1.74 bits per heavy atom. The third-order valence-corrected chi connectivity index (χ3v) is 2.77. The molecule has 1 N–H and O–H groups in total. The number of amides is 1. The molecule has 1 rings (SSSR count). The largest absolute Gasteiger partial charge is 0.409 e. The molecule has 1 heterocycles. The fourth-order valence-corrected chi connectivity index (χ4v) is 2.15. The molecule has 0 saturated carbocycles. The molecular formula is C10H14F6N2O. The van der Waals surface area contributed by atoms with Gasteiger partial charge in [0.2, 0.25) is 11.8 Å². The summed E-state index contributed by atoms with van der Waals surface area (Å²) in [5, 5.41) is 2.92. The van der Waals surface area contributed by atoms with Crippen molar-refractivity contribution >= 4 is 5.91 Å². The van der Waals surface area contributed by atoms with Crippen LogP contribution in [0, 0.1) is 5.92 Å². The molecule has 3 nitrogen and oxygen atoms in total. The van der Waals surface area contributed by atoms with Crippen LogP contribution in [0.4, 0.5) is 26.3 Å². The SMILES string of the molecule is CC1CN(C(=O)C(C(F)(F)F)C(F)(F)F)CC(C)N1. The molecule has 1 aliphatic rings. The monoisotopic (exact) mass is 292 g/mol. The third kappa shape index (κ3) is 3.99. The summed E-state index contributed by atoms with van der Waals surface area (Å²) >= 11 is 0. The van der Waals surface area contributed by atoms with Crippen LogP contribution in [-0.4, -0.2) is 48.3 Å². The molecule has 1 fully saturated rings. The molecular weight excluding hydrogens is 278 g/mol. The van der Waals surface area contributed by atoms with Crippen molar-refractivity contribution in [3.63, 3.8) is 0 Å². The quantitative estimate of drug-likeness (QED) is 0.749. The van der Waals surface area contributed by atoms with Gasteiger partial charge in [-0.15, -0.1) is 0 Å². The van der Waals surface area contributed by atoms with E-state index in [9.17, 15) is 31.1 Å². The van der Waals surface area contributed by atoms with Crippen LogP contribution < -0.4 is 5.32 Å². The van der Waals surface area contributed by atoms with Crippen LogP contribution in [0.15, 0.2) is 0 Å². The highest BCUT2D eigenvalue weighted by atomic mass is 19.4. The van der Waals surface area contributed by atoms with Gasteiger partial charge in [-0.25, -0.2) is 0 Å². The Labute approximate surface area is 105 Å². The lowest BCUT2D eigenvalue weighted by atomic mass is 10.0. The van der Waals surface area contributed by atoms with Crippen molar-refractivity contribution in [2.45, 2.75) is 38.3 Å². The lowest BCUT2D eigenvalue weighted by Gasteiger charge is -2.38. The van der Waals surface area contributed by atoms with Crippen molar-refractivity contribution in [2.75, 3.05) is 13.1 Å². The van der Waals surface area contributed by atoms with Gasteiger partial charge in [-0.3, -0.25) is 4.79 Å². The average Bonchev–Trinajstić information content (AvgIpc) is 2.10. The van der Waals surface area contributed by atoms with Crippen molar-refractivity contribution in [2.24, 2.45) is 5.92 Å². The van der Waals surface area contributed by atoms with E-state index in [0.717, 1.165) is 0 Å². The van der Waals surface area contributed by atoms with Crippen molar-refractivity contribution in [1.82, 2.24) is 10.2 Å². The van der Waals surface area contributed by atoms with E-state index in [0.29, 0.717) is 4.90 Å². The number of piperazine rings is 1. The summed E-state index contributed by atoms with van der Waals surface area (Å²) in [6.07, 6.45) is -11.3. The number of rotatable bonds is 1. The van der Waals surface area contributed by atoms with Crippen LogP contribution in [0.3, 0.4) is 0 Å². The molecule has 112 valence electrons. The Hall–Kier alpha value is -0.990. The highest BCUT2D eigenvalue weighted by Gasteiger charge is 2.62. The van der Waals surface area contributed by atoms with Crippen molar-refractivity contribution < 1.29 is 31.1 Å². The number of nitrogens with zero attached hydrogens (tertiary/aromatic N) is 1. The first kappa shape index (κ1) is 16.1. The van der Waals surface area contributed by atoms with Gasteiger partial charge in [0.05, 0.1) is 0 Å². The summed E-state index contributed by atoms with van der Waals surface area (Å²) in [5.74, 6) is -5.88. The molecule has 9 heteroatoms. The van der Waals surface area contributed by atoms with Crippen LogP contribution >= 0.6 is 0 Å². The lowest BCUT2D eigenvalue weighted by molar-refractivity contribution is -0.278. The van der Waals surface area contributed by atoms with Gasteiger partial charge in [0.1, 0.15) is 0 Å². The Morgan fingerprint density at radius 2 is 1.42 bits per heavy atom. The molecule has 0 aliphatic carbocycles. The van der Waals surface area contributed by atoms with E-state index in [1.807, 2.05) is 0 Å².